The van der Waals surface area contributed by atoms with Crippen LogP contribution in [0.25, 0.3) is 32.6 Å². The molecule has 1 aliphatic heterocycles. The summed E-state index contributed by atoms with van der Waals surface area (Å²) in [5.41, 5.74) is 6.56. The summed E-state index contributed by atoms with van der Waals surface area (Å²) in [6.07, 6.45) is 6.85. The molecule has 1 saturated carbocycles. The molecule has 0 amide bonds. The van der Waals surface area contributed by atoms with E-state index in [2.05, 4.69) is 62.9 Å². The summed E-state index contributed by atoms with van der Waals surface area (Å²) in [7, 11) is 0. The third-order valence-corrected chi connectivity index (χ3v) is 10.7. The van der Waals surface area contributed by atoms with Crippen LogP contribution < -0.4 is 4.74 Å². The molecule has 2 fully saturated rings. The van der Waals surface area contributed by atoms with Crippen LogP contribution in [-0.2, 0) is 13.2 Å². The van der Waals surface area contributed by atoms with E-state index in [9.17, 15) is 9.90 Å². The van der Waals surface area contributed by atoms with Crippen LogP contribution >= 0.6 is 36.2 Å². The van der Waals surface area contributed by atoms with Gasteiger partial charge in [0.1, 0.15) is 17.2 Å². The fourth-order valence-electron chi connectivity index (χ4n) is 7.12. The van der Waals surface area contributed by atoms with Crippen molar-refractivity contribution in [2.24, 2.45) is 0 Å². The number of carbonyl (C=O) groups is 1. The molecule has 0 unspecified atom stereocenters. The van der Waals surface area contributed by atoms with Gasteiger partial charge in [0.25, 0.3) is 0 Å². The second-order valence-electron chi connectivity index (χ2n) is 12.3. The monoisotopic (exact) mass is 691 g/mol. The van der Waals surface area contributed by atoms with E-state index in [-0.39, 0.29) is 24.8 Å². The molecule has 0 bridgehead atoms. The van der Waals surface area contributed by atoms with Crippen LogP contribution in [0.3, 0.4) is 0 Å². The number of nitrogens with zero attached hydrogens (tertiary/aromatic N) is 3. The van der Waals surface area contributed by atoms with Gasteiger partial charge < -0.3 is 14.4 Å². The Morgan fingerprint density at radius 1 is 0.787 bits per heavy atom. The van der Waals surface area contributed by atoms with Crippen LogP contribution in [0.15, 0.2) is 91.0 Å². The molecule has 1 N–H and O–H groups in total. The van der Waals surface area contributed by atoms with Crippen molar-refractivity contribution in [1.29, 1.82) is 0 Å². The molecule has 1 saturated heterocycles. The van der Waals surface area contributed by atoms with Gasteiger partial charge in [-0.2, -0.15) is 0 Å². The minimum Gasteiger partial charge on any atom is -0.489 e. The van der Waals surface area contributed by atoms with Crippen molar-refractivity contribution in [3.05, 3.63) is 101 Å². The number of halogens is 2. The molecular weight excluding hydrogens is 649 g/mol. The first-order valence-corrected chi connectivity index (χ1v) is 17.1. The fourth-order valence-corrected chi connectivity index (χ4v) is 8.19. The molecular formula is C38H43Cl2N3O3S. The van der Waals surface area contributed by atoms with Crippen molar-refractivity contribution in [2.45, 2.75) is 51.3 Å². The molecule has 3 heterocycles. The number of aromatic nitrogens is 1. The highest BCUT2D eigenvalue weighted by molar-refractivity contribution is 7.21. The molecule has 7 rings (SSSR count). The summed E-state index contributed by atoms with van der Waals surface area (Å²) in [5.74, 6) is -0.0464. The van der Waals surface area contributed by atoms with Crippen LogP contribution in [0.5, 0.6) is 5.75 Å². The molecule has 47 heavy (non-hydrogen) atoms. The normalized spacial score (nSPS) is 16.0. The lowest BCUT2D eigenvalue weighted by Gasteiger charge is -2.40. The Morgan fingerprint density at radius 3 is 2.11 bits per heavy atom. The van der Waals surface area contributed by atoms with E-state index < -0.39 is 5.97 Å². The largest absolute Gasteiger partial charge is 0.489 e. The lowest BCUT2D eigenvalue weighted by atomic mass is 9.94. The van der Waals surface area contributed by atoms with Gasteiger partial charge in [0.2, 0.25) is 0 Å². The number of thiophene rings is 1. The zero-order chi connectivity index (χ0) is 30.6. The van der Waals surface area contributed by atoms with E-state index in [0.29, 0.717) is 11.5 Å². The molecule has 0 atom stereocenters. The van der Waals surface area contributed by atoms with Crippen LogP contribution in [-0.4, -0.2) is 64.2 Å². The Kier molecular flexibility index (Phi) is 12.0. The smallest absolute Gasteiger partial charge is 0.345 e. The molecule has 2 aliphatic rings. The minimum atomic E-state index is -0.873. The first-order chi connectivity index (χ1) is 22.1. The Bertz CT molecular complexity index is 1730. The number of ether oxygens (including phenoxy) is 1. The number of hydrogen-bond acceptors (Lipinski definition) is 5. The zero-order valence-electron chi connectivity index (χ0n) is 26.6. The van der Waals surface area contributed by atoms with Crippen molar-refractivity contribution >= 4 is 52.3 Å². The maximum Gasteiger partial charge on any atom is 0.345 e. The second-order valence-corrected chi connectivity index (χ2v) is 13.4. The molecule has 0 spiro atoms. The topological polar surface area (TPSA) is 57.9 Å². The maximum atomic E-state index is 12.1. The summed E-state index contributed by atoms with van der Waals surface area (Å²) in [4.78, 5) is 17.8. The minimum absolute atomic E-state index is 0. The van der Waals surface area contributed by atoms with Gasteiger partial charge in [0.05, 0.1) is 15.9 Å². The first-order valence-electron chi connectivity index (χ1n) is 16.3. The molecule has 9 heteroatoms. The lowest BCUT2D eigenvalue weighted by Crippen LogP contribution is -2.51. The summed E-state index contributed by atoms with van der Waals surface area (Å²) >= 11 is 1.38. The Balaban J connectivity index is 0.00000217. The van der Waals surface area contributed by atoms with Gasteiger partial charge in [-0.3, -0.25) is 9.80 Å². The van der Waals surface area contributed by atoms with Crippen molar-refractivity contribution in [3.8, 4) is 28.1 Å². The van der Waals surface area contributed by atoms with Gasteiger partial charge >= 0.3 is 5.97 Å². The summed E-state index contributed by atoms with van der Waals surface area (Å²) < 4.78 is 9.51. The number of carboxylic acid groups (broad SMARTS) is 1. The van der Waals surface area contributed by atoms with Crippen molar-refractivity contribution in [3.63, 3.8) is 0 Å². The number of fused-ring (bicyclic) bond motifs is 1. The number of rotatable bonds is 10. The highest BCUT2D eigenvalue weighted by Crippen LogP contribution is 2.45. The van der Waals surface area contributed by atoms with E-state index in [4.69, 9.17) is 4.74 Å². The molecule has 3 aromatic carbocycles. The summed E-state index contributed by atoms with van der Waals surface area (Å²) in [5, 5.41) is 9.95. The Hall–Kier alpha value is -3.33. The lowest BCUT2D eigenvalue weighted by molar-refractivity contribution is 0.0702. The predicted octanol–water partition coefficient (Wildman–Crippen LogP) is 9.11. The number of benzene rings is 3. The van der Waals surface area contributed by atoms with E-state index in [1.807, 2.05) is 42.5 Å². The van der Waals surface area contributed by atoms with E-state index in [0.717, 1.165) is 89.2 Å². The first kappa shape index (κ1) is 35.0. The fraction of sp³-hybridized carbons (Fsp3) is 0.342. The highest BCUT2D eigenvalue weighted by Gasteiger charge is 2.27. The van der Waals surface area contributed by atoms with Crippen LogP contribution in [0.2, 0.25) is 0 Å². The van der Waals surface area contributed by atoms with Crippen LogP contribution in [0.4, 0.5) is 0 Å². The predicted molar refractivity (Wildman–Crippen MR) is 198 cm³/mol. The number of hydrogen-bond donors (Lipinski definition) is 1. The van der Waals surface area contributed by atoms with E-state index >= 15 is 0 Å². The van der Waals surface area contributed by atoms with Crippen LogP contribution in [0, 0.1) is 0 Å². The summed E-state index contributed by atoms with van der Waals surface area (Å²) in [6.45, 7) is 6.69. The van der Waals surface area contributed by atoms with E-state index in [1.165, 1.54) is 43.4 Å². The average molecular weight is 693 g/mol. The van der Waals surface area contributed by atoms with Gasteiger partial charge in [0.15, 0.2) is 0 Å². The Labute approximate surface area is 293 Å². The van der Waals surface area contributed by atoms with Crippen molar-refractivity contribution in [1.82, 2.24) is 14.4 Å². The third-order valence-electron chi connectivity index (χ3n) is 9.52. The molecule has 248 valence electrons. The molecule has 5 aromatic rings. The third kappa shape index (κ3) is 7.87. The highest BCUT2D eigenvalue weighted by atomic mass is 35.5. The molecule has 0 radical (unpaired) electrons. The van der Waals surface area contributed by atoms with Crippen molar-refractivity contribution in [2.75, 3.05) is 32.7 Å². The van der Waals surface area contributed by atoms with Crippen molar-refractivity contribution < 1.29 is 14.6 Å². The molecule has 6 nitrogen and oxygen atoms in total. The van der Waals surface area contributed by atoms with Gasteiger partial charge in [-0.1, -0.05) is 79.9 Å². The number of aromatic carboxylic acids is 1. The Morgan fingerprint density at radius 2 is 1.45 bits per heavy atom. The van der Waals surface area contributed by atoms with Gasteiger partial charge in [-0.25, -0.2) is 4.79 Å². The SMILES string of the molecule is Cl.Cl.O=C(O)c1cc2c(s1)c(-c1ccccc1)c(-c1ccc(OCc3ccccc3)cc1)n2CCN1CCN(C2CCCCC2)CC1. The molecule has 2 aromatic heterocycles. The maximum absolute atomic E-state index is 12.1. The zero-order valence-corrected chi connectivity index (χ0v) is 29.0. The molecule has 1 aliphatic carbocycles. The van der Waals surface area contributed by atoms with Gasteiger partial charge in [-0.15, -0.1) is 36.2 Å². The second kappa shape index (κ2) is 16.2. The van der Waals surface area contributed by atoms with Gasteiger partial charge in [0, 0.05) is 50.9 Å². The standard InChI is InChI=1S/C38H41N3O3S.2ClH/c42-38(43)34-26-33-37(45-34)35(29-12-6-2-7-13-29)36(30-16-18-32(19-17-30)44-27-28-10-4-1-5-11-28)41(33)25-22-39-20-23-40(24-21-39)31-14-8-3-9-15-31;;/h1-2,4-7,10-13,16-19,26,31H,3,8-9,14-15,20-25,27H2,(H,42,43);2*1H. The van der Waals surface area contributed by atoms with Crippen LogP contribution in [0.1, 0.15) is 47.3 Å². The van der Waals surface area contributed by atoms with Gasteiger partial charge in [-0.05, 0) is 59.9 Å². The van der Waals surface area contributed by atoms with E-state index in [1.54, 1.807) is 0 Å². The summed E-state index contributed by atoms with van der Waals surface area (Å²) in [6, 6.07) is 31.6. The number of piperazine rings is 1. The number of carboxylic acids is 1. The quantitative estimate of drug-likeness (QED) is 0.158. The average Bonchev–Trinajstić information content (AvgIpc) is 3.66.